The van der Waals surface area contributed by atoms with E-state index in [1.54, 1.807) is 24.3 Å². The summed E-state index contributed by atoms with van der Waals surface area (Å²) in [6.07, 6.45) is 1.84. The van der Waals surface area contributed by atoms with Gasteiger partial charge in [-0.3, -0.25) is 10.1 Å². The molecule has 1 aromatic heterocycles. The van der Waals surface area contributed by atoms with Crippen molar-refractivity contribution in [3.8, 4) is 0 Å². The van der Waals surface area contributed by atoms with Gasteiger partial charge in [0.05, 0.1) is 0 Å². The number of nitrogens with one attached hydrogen (secondary N) is 2. The van der Waals surface area contributed by atoms with E-state index >= 15 is 0 Å². The zero-order valence-electron chi connectivity index (χ0n) is 17.6. The van der Waals surface area contributed by atoms with Crippen molar-refractivity contribution in [1.29, 1.82) is 0 Å². The van der Waals surface area contributed by atoms with Gasteiger partial charge in [-0.1, -0.05) is 65.7 Å². The molecule has 2 heterocycles. The Labute approximate surface area is 194 Å². The van der Waals surface area contributed by atoms with E-state index in [0.29, 0.717) is 11.5 Å². The van der Waals surface area contributed by atoms with Crippen molar-refractivity contribution in [2.45, 2.75) is 13.0 Å². The van der Waals surface area contributed by atoms with Crippen LogP contribution in [0.5, 0.6) is 0 Å². The van der Waals surface area contributed by atoms with Gasteiger partial charge in [0.1, 0.15) is 11.9 Å². The summed E-state index contributed by atoms with van der Waals surface area (Å²) in [5, 5.41) is 10.7. The average Bonchev–Trinajstić information content (AvgIpc) is 3.22. The van der Waals surface area contributed by atoms with Crippen molar-refractivity contribution in [3.05, 3.63) is 112 Å². The number of hydrogen-bond donors (Lipinski definition) is 2. The van der Waals surface area contributed by atoms with Crippen LogP contribution in [0.25, 0.3) is 5.70 Å². The molecule has 1 aliphatic rings. The molecule has 0 aliphatic carbocycles. The van der Waals surface area contributed by atoms with Gasteiger partial charge in [0.2, 0.25) is 5.95 Å². The number of amides is 1. The molecule has 1 atom stereocenters. The number of aromatic nitrogens is 3. The van der Waals surface area contributed by atoms with E-state index in [0.717, 1.165) is 16.8 Å². The van der Waals surface area contributed by atoms with E-state index in [-0.39, 0.29) is 22.4 Å². The summed E-state index contributed by atoms with van der Waals surface area (Å²) < 4.78 is 16.4. The van der Waals surface area contributed by atoms with Gasteiger partial charge in [-0.25, -0.2) is 9.07 Å². The number of allylic oxidation sites excluding steroid dienone is 1. The minimum absolute atomic E-state index is 0.101. The van der Waals surface area contributed by atoms with Crippen molar-refractivity contribution in [3.63, 3.8) is 0 Å². The third-order valence-corrected chi connectivity index (χ3v) is 5.68. The Morgan fingerprint density at radius 2 is 1.88 bits per heavy atom. The largest absolute Gasteiger partial charge is 0.324 e. The molecular formula is C25H19ClFN5O. The van der Waals surface area contributed by atoms with Crippen LogP contribution in [0, 0.1) is 12.7 Å². The molecular weight excluding hydrogens is 441 g/mol. The van der Waals surface area contributed by atoms with E-state index < -0.39 is 11.9 Å². The fourth-order valence-corrected chi connectivity index (χ4v) is 4.07. The van der Waals surface area contributed by atoms with Gasteiger partial charge < -0.3 is 5.32 Å². The molecule has 2 N–H and O–H groups in total. The van der Waals surface area contributed by atoms with E-state index in [4.69, 9.17) is 11.6 Å². The second-order valence-electron chi connectivity index (χ2n) is 7.68. The summed E-state index contributed by atoms with van der Waals surface area (Å²) in [5.41, 5.74) is 3.36. The highest BCUT2D eigenvalue weighted by molar-refractivity contribution is 6.31. The molecule has 0 fully saturated rings. The Balaban J connectivity index is 1.55. The summed E-state index contributed by atoms with van der Waals surface area (Å²) in [4.78, 5) is 17.2. The first-order valence-electron chi connectivity index (χ1n) is 10.3. The zero-order valence-corrected chi connectivity index (χ0v) is 18.3. The van der Waals surface area contributed by atoms with Crippen LogP contribution in [0.2, 0.25) is 5.02 Å². The van der Waals surface area contributed by atoms with Crippen LogP contribution < -0.4 is 10.6 Å². The lowest BCUT2D eigenvalue weighted by molar-refractivity contribution is 0.102. The standard InChI is InChI=1S/C25H19ClFN5O/c1-15-7-5-10-17(13-15)23(33)29-24-30-25-28-20(16-8-3-2-4-9-16)14-21(32(25)31-24)22-18(26)11-6-12-19(22)27/h2-14,21H,1H3,(H2,28,29,30,31,33). The predicted octanol–water partition coefficient (Wildman–Crippen LogP) is 5.69. The van der Waals surface area contributed by atoms with Gasteiger partial charge >= 0.3 is 0 Å². The molecule has 3 aromatic carbocycles. The molecule has 0 spiro atoms. The Kier molecular flexibility index (Phi) is 5.40. The fraction of sp³-hybridized carbons (Fsp3) is 0.0800. The first-order chi connectivity index (χ1) is 16.0. The molecule has 164 valence electrons. The molecule has 0 radical (unpaired) electrons. The normalized spacial score (nSPS) is 14.8. The van der Waals surface area contributed by atoms with Crippen LogP contribution >= 0.6 is 11.6 Å². The van der Waals surface area contributed by atoms with Gasteiger partial charge in [0.25, 0.3) is 11.9 Å². The van der Waals surface area contributed by atoms with Crippen molar-refractivity contribution in [2.24, 2.45) is 0 Å². The van der Waals surface area contributed by atoms with Crippen LogP contribution in [0.4, 0.5) is 16.3 Å². The molecule has 4 aromatic rings. The second kappa shape index (κ2) is 8.52. The molecule has 1 aliphatic heterocycles. The summed E-state index contributed by atoms with van der Waals surface area (Å²) in [6.45, 7) is 1.91. The van der Waals surface area contributed by atoms with E-state index in [9.17, 15) is 9.18 Å². The van der Waals surface area contributed by atoms with Crippen molar-refractivity contribution in [1.82, 2.24) is 14.8 Å². The van der Waals surface area contributed by atoms with Crippen LogP contribution in [0.1, 0.15) is 33.1 Å². The Hall–Kier alpha value is -3.97. The molecule has 8 heteroatoms. The predicted molar refractivity (Wildman–Crippen MR) is 127 cm³/mol. The topological polar surface area (TPSA) is 71.8 Å². The summed E-state index contributed by atoms with van der Waals surface area (Å²) >= 11 is 6.39. The lowest BCUT2D eigenvalue weighted by Gasteiger charge is -2.25. The van der Waals surface area contributed by atoms with Gasteiger partial charge in [0, 0.05) is 21.8 Å². The number of aryl methyl sites for hydroxylation is 1. The van der Waals surface area contributed by atoms with Crippen LogP contribution in [0.3, 0.4) is 0 Å². The van der Waals surface area contributed by atoms with Crippen LogP contribution in [-0.4, -0.2) is 20.7 Å². The smallest absolute Gasteiger partial charge is 0.258 e. The summed E-state index contributed by atoms with van der Waals surface area (Å²) in [7, 11) is 0. The number of nitrogens with zero attached hydrogens (tertiary/aromatic N) is 3. The Bertz CT molecular complexity index is 1360. The molecule has 5 rings (SSSR count). The number of carbonyl (C=O) groups is 1. The lowest BCUT2D eigenvalue weighted by Crippen LogP contribution is -2.21. The van der Waals surface area contributed by atoms with Crippen molar-refractivity contribution in [2.75, 3.05) is 10.6 Å². The van der Waals surface area contributed by atoms with E-state index in [2.05, 4.69) is 20.7 Å². The maximum absolute atomic E-state index is 14.9. The minimum Gasteiger partial charge on any atom is -0.324 e. The Morgan fingerprint density at radius 1 is 1.09 bits per heavy atom. The van der Waals surface area contributed by atoms with Gasteiger partial charge in [0.15, 0.2) is 0 Å². The third kappa shape index (κ3) is 4.10. The number of benzene rings is 3. The summed E-state index contributed by atoms with van der Waals surface area (Å²) in [6, 6.07) is 20.7. The number of halogens is 2. The number of hydrogen-bond acceptors (Lipinski definition) is 4. The number of carbonyl (C=O) groups excluding carboxylic acids is 1. The molecule has 33 heavy (non-hydrogen) atoms. The molecule has 0 saturated heterocycles. The quantitative estimate of drug-likeness (QED) is 0.411. The minimum atomic E-state index is -0.665. The maximum Gasteiger partial charge on any atom is 0.258 e. The summed E-state index contributed by atoms with van der Waals surface area (Å²) in [5.74, 6) is -0.326. The zero-order chi connectivity index (χ0) is 22.9. The lowest BCUT2D eigenvalue weighted by atomic mass is 10.0. The highest BCUT2D eigenvalue weighted by Gasteiger charge is 2.29. The van der Waals surface area contributed by atoms with Crippen LogP contribution in [-0.2, 0) is 0 Å². The first kappa shape index (κ1) is 20.9. The molecule has 1 amide bonds. The van der Waals surface area contributed by atoms with E-state index in [1.807, 2.05) is 55.5 Å². The first-order valence-corrected chi connectivity index (χ1v) is 10.7. The number of rotatable bonds is 4. The van der Waals surface area contributed by atoms with Gasteiger partial charge in [-0.15, -0.1) is 5.10 Å². The second-order valence-corrected chi connectivity index (χ2v) is 8.09. The monoisotopic (exact) mass is 459 g/mol. The third-order valence-electron chi connectivity index (χ3n) is 5.35. The highest BCUT2D eigenvalue weighted by Crippen LogP contribution is 2.37. The fourth-order valence-electron chi connectivity index (χ4n) is 3.79. The molecule has 6 nitrogen and oxygen atoms in total. The van der Waals surface area contributed by atoms with Crippen LogP contribution in [0.15, 0.2) is 78.9 Å². The van der Waals surface area contributed by atoms with E-state index in [1.165, 1.54) is 10.7 Å². The SMILES string of the molecule is Cc1cccc(C(=O)Nc2nc3n(n2)C(c2c(F)cccc2Cl)C=C(c2ccccc2)N3)c1. The van der Waals surface area contributed by atoms with Gasteiger partial charge in [-0.2, -0.15) is 4.98 Å². The maximum atomic E-state index is 14.9. The average molecular weight is 460 g/mol. The Morgan fingerprint density at radius 3 is 2.64 bits per heavy atom. The van der Waals surface area contributed by atoms with Crippen molar-refractivity contribution >= 4 is 35.1 Å². The number of fused-ring (bicyclic) bond motifs is 1. The number of anilines is 2. The molecule has 1 unspecified atom stereocenters. The van der Waals surface area contributed by atoms with Crippen molar-refractivity contribution < 1.29 is 9.18 Å². The molecule has 0 saturated carbocycles. The highest BCUT2D eigenvalue weighted by atomic mass is 35.5. The van der Waals surface area contributed by atoms with Gasteiger partial charge in [-0.05, 0) is 42.8 Å². The molecule has 0 bridgehead atoms.